The number of carbonyl (C=O) groups is 2. The monoisotopic (exact) mass is 421 g/mol. The minimum Gasteiger partial charge on any atom is -0.497 e. The van der Waals surface area contributed by atoms with Crippen LogP contribution in [0.1, 0.15) is 34.2 Å². The number of methoxy groups -OCH3 is 1. The lowest BCUT2D eigenvalue weighted by molar-refractivity contribution is -0.129. The summed E-state index contributed by atoms with van der Waals surface area (Å²) in [5.41, 5.74) is 3.53. The first-order chi connectivity index (χ1) is 14.9. The highest BCUT2D eigenvalue weighted by Gasteiger charge is 2.24. The maximum Gasteiger partial charge on any atom is 0.342 e. The molecule has 0 fully saturated rings. The molecular weight excluding hydrogens is 394 g/mol. The van der Waals surface area contributed by atoms with E-state index in [4.69, 9.17) is 9.47 Å². The fourth-order valence-corrected chi connectivity index (χ4v) is 3.30. The van der Waals surface area contributed by atoms with Gasteiger partial charge in [-0.3, -0.25) is 4.79 Å². The van der Waals surface area contributed by atoms with Crippen molar-refractivity contribution in [2.75, 3.05) is 13.7 Å². The molecule has 0 spiro atoms. The summed E-state index contributed by atoms with van der Waals surface area (Å²) in [6.45, 7) is 5.57. The summed E-state index contributed by atoms with van der Waals surface area (Å²) in [6, 6.07) is 17.2. The van der Waals surface area contributed by atoms with Crippen LogP contribution in [0.4, 0.5) is 0 Å². The van der Waals surface area contributed by atoms with Crippen molar-refractivity contribution in [3.05, 3.63) is 77.1 Å². The van der Waals surface area contributed by atoms with Gasteiger partial charge in [0.15, 0.2) is 6.10 Å². The number of para-hydroxylation sites is 1. The number of rotatable bonds is 8. The van der Waals surface area contributed by atoms with Crippen molar-refractivity contribution < 1.29 is 19.1 Å². The molecule has 1 amide bonds. The van der Waals surface area contributed by atoms with E-state index in [9.17, 15) is 9.59 Å². The largest absolute Gasteiger partial charge is 0.497 e. The van der Waals surface area contributed by atoms with Gasteiger partial charge in [0.05, 0.1) is 24.2 Å². The van der Waals surface area contributed by atoms with Gasteiger partial charge in [-0.2, -0.15) is 5.10 Å². The molecule has 0 aliphatic heterocycles. The lowest BCUT2D eigenvalue weighted by Crippen LogP contribution is -2.37. The molecule has 7 nitrogen and oxygen atoms in total. The zero-order valence-electron chi connectivity index (χ0n) is 18.2. The number of nitrogens with one attached hydrogen (secondary N) is 1. The number of aryl methyl sites for hydroxylation is 1. The second kappa shape index (κ2) is 9.93. The fraction of sp³-hybridized carbons (Fsp3) is 0.292. The molecule has 162 valence electrons. The zero-order chi connectivity index (χ0) is 22.4. The molecule has 0 bridgehead atoms. The van der Waals surface area contributed by atoms with Crippen molar-refractivity contribution in [2.24, 2.45) is 0 Å². The molecule has 1 N–H and O–H groups in total. The summed E-state index contributed by atoms with van der Waals surface area (Å²) in [4.78, 5) is 25.1. The van der Waals surface area contributed by atoms with E-state index in [0.29, 0.717) is 29.9 Å². The molecule has 0 aliphatic rings. The van der Waals surface area contributed by atoms with Crippen molar-refractivity contribution in [1.29, 1.82) is 0 Å². The van der Waals surface area contributed by atoms with Crippen molar-refractivity contribution in [1.82, 2.24) is 15.1 Å². The van der Waals surface area contributed by atoms with Gasteiger partial charge in [-0.05, 0) is 57.0 Å². The standard InChI is InChI=1S/C24H27N3O4/c1-16-22(17(2)27(26-16)20-8-6-5-7-9-20)24(29)31-18(3)23(28)25-15-14-19-10-12-21(30-4)13-11-19/h5-13,18H,14-15H2,1-4H3,(H,25,28)/t18-/m1/s1. The number of ether oxygens (including phenoxy) is 2. The molecule has 7 heteroatoms. The average molecular weight is 421 g/mol. The number of amides is 1. The van der Waals surface area contributed by atoms with Crippen molar-refractivity contribution in [2.45, 2.75) is 33.3 Å². The molecule has 3 rings (SSSR count). The van der Waals surface area contributed by atoms with E-state index in [2.05, 4.69) is 10.4 Å². The summed E-state index contributed by atoms with van der Waals surface area (Å²) in [6.07, 6.45) is -0.249. The SMILES string of the molecule is COc1ccc(CCNC(=O)[C@@H](C)OC(=O)c2c(C)nn(-c3ccccc3)c2C)cc1. The number of carbonyl (C=O) groups excluding carboxylic acids is 2. The number of hydrogen-bond acceptors (Lipinski definition) is 5. The third-order valence-corrected chi connectivity index (χ3v) is 5.02. The van der Waals surface area contributed by atoms with Gasteiger partial charge >= 0.3 is 5.97 Å². The Labute approximate surface area is 182 Å². The second-order valence-corrected chi connectivity index (χ2v) is 7.23. The first-order valence-electron chi connectivity index (χ1n) is 10.1. The van der Waals surface area contributed by atoms with Gasteiger partial charge in [-0.25, -0.2) is 9.48 Å². The Bertz CT molecular complexity index is 1040. The van der Waals surface area contributed by atoms with Gasteiger partial charge in [-0.15, -0.1) is 0 Å². The van der Waals surface area contributed by atoms with Crippen LogP contribution in [0.5, 0.6) is 5.75 Å². The second-order valence-electron chi connectivity index (χ2n) is 7.23. The Kier molecular flexibility index (Phi) is 7.07. The first kappa shape index (κ1) is 22.1. The van der Waals surface area contributed by atoms with Gasteiger partial charge in [0.2, 0.25) is 0 Å². The molecule has 1 atom stereocenters. The quantitative estimate of drug-likeness (QED) is 0.564. The minimum absolute atomic E-state index is 0.340. The smallest absolute Gasteiger partial charge is 0.342 e. The van der Waals surface area contributed by atoms with Crippen LogP contribution in [-0.4, -0.2) is 41.4 Å². The minimum atomic E-state index is -0.915. The lowest BCUT2D eigenvalue weighted by atomic mass is 10.1. The molecule has 1 heterocycles. The molecule has 0 unspecified atom stereocenters. The van der Waals surface area contributed by atoms with Crippen LogP contribution in [0.2, 0.25) is 0 Å². The van der Waals surface area contributed by atoms with E-state index in [-0.39, 0.29) is 5.91 Å². The van der Waals surface area contributed by atoms with E-state index >= 15 is 0 Å². The molecule has 1 aromatic heterocycles. The molecule has 0 saturated carbocycles. The van der Waals surface area contributed by atoms with E-state index < -0.39 is 12.1 Å². The highest BCUT2D eigenvalue weighted by molar-refractivity contribution is 5.94. The molecule has 2 aromatic carbocycles. The van der Waals surface area contributed by atoms with E-state index in [1.54, 1.807) is 25.6 Å². The predicted molar refractivity (Wildman–Crippen MR) is 118 cm³/mol. The van der Waals surface area contributed by atoms with Crippen molar-refractivity contribution in [3.8, 4) is 11.4 Å². The molecule has 31 heavy (non-hydrogen) atoms. The highest BCUT2D eigenvalue weighted by Crippen LogP contribution is 2.19. The van der Waals surface area contributed by atoms with Crippen molar-refractivity contribution >= 4 is 11.9 Å². The Hall–Kier alpha value is -3.61. The van der Waals surface area contributed by atoms with Crippen LogP contribution in [0, 0.1) is 13.8 Å². The fourth-order valence-electron chi connectivity index (χ4n) is 3.30. The molecule has 0 saturated heterocycles. The van der Waals surface area contributed by atoms with E-state index in [0.717, 1.165) is 17.0 Å². The number of hydrogen-bond donors (Lipinski definition) is 1. The van der Waals surface area contributed by atoms with Crippen molar-refractivity contribution in [3.63, 3.8) is 0 Å². The summed E-state index contributed by atoms with van der Waals surface area (Å²) in [5.74, 6) is -0.114. The predicted octanol–water partition coefficient (Wildman–Crippen LogP) is 3.40. The number of nitrogens with zero attached hydrogens (tertiary/aromatic N) is 2. The Balaban J connectivity index is 1.57. The lowest BCUT2D eigenvalue weighted by Gasteiger charge is -2.14. The topological polar surface area (TPSA) is 82.4 Å². The van der Waals surface area contributed by atoms with Gasteiger partial charge in [0.25, 0.3) is 5.91 Å². The summed E-state index contributed by atoms with van der Waals surface area (Å²) < 4.78 is 12.3. The number of aromatic nitrogens is 2. The summed E-state index contributed by atoms with van der Waals surface area (Å²) >= 11 is 0. The third-order valence-electron chi connectivity index (χ3n) is 5.02. The molecule has 3 aromatic rings. The van der Waals surface area contributed by atoms with E-state index in [1.165, 1.54) is 0 Å². The van der Waals surface area contributed by atoms with E-state index in [1.807, 2.05) is 61.5 Å². The van der Waals surface area contributed by atoms with Gasteiger partial charge < -0.3 is 14.8 Å². The molecular formula is C24H27N3O4. The van der Waals surface area contributed by atoms with Gasteiger partial charge in [0, 0.05) is 6.54 Å². The first-order valence-corrected chi connectivity index (χ1v) is 10.1. The molecule has 0 aliphatic carbocycles. The molecule has 0 radical (unpaired) electrons. The van der Waals surface area contributed by atoms with Crippen LogP contribution >= 0.6 is 0 Å². The summed E-state index contributed by atoms with van der Waals surface area (Å²) in [5, 5.41) is 7.26. The Morgan fingerprint density at radius 2 is 1.74 bits per heavy atom. The van der Waals surface area contributed by atoms with Crippen LogP contribution in [0.3, 0.4) is 0 Å². The highest BCUT2D eigenvalue weighted by atomic mass is 16.5. The van der Waals surface area contributed by atoms with Gasteiger partial charge in [0.1, 0.15) is 11.3 Å². The Morgan fingerprint density at radius 3 is 2.39 bits per heavy atom. The number of benzene rings is 2. The van der Waals surface area contributed by atoms with Crippen LogP contribution < -0.4 is 10.1 Å². The average Bonchev–Trinajstić information content (AvgIpc) is 3.08. The van der Waals surface area contributed by atoms with Gasteiger partial charge in [-0.1, -0.05) is 30.3 Å². The Morgan fingerprint density at radius 1 is 1.06 bits per heavy atom. The van der Waals surface area contributed by atoms with Crippen LogP contribution in [-0.2, 0) is 16.0 Å². The maximum atomic E-state index is 12.7. The zero-order valence-corrected chi connectivity index (χ0v) is 18.2. The van der Waals surface area contributed by atoms with Crippen LogP contribution in [0.15, 0.2) is 54.6 Å². The normalized spacial score (nSPS) is 11.6. The summed E-state index contributed by atoms with van der Waals surface area (Å²) in [7, 11) is 1.62. The number of esters is 1. The maximum absolute atomic E-state index is 12.7. The van der Waals surface area contributed by atoms with Crippen LogP contribution in [0.25, 0.3) is 5.69 Å². The third kappa shape index (κ3) is 5.31.